The largest absolute Gasteiger partial charge is 0.478 e. The molecule has 1 aliphatic heterocycles. The predicted octanol–water partition coefficient (Wildman–Crippen LogP) is 5.95. The van der Waals surface area contributed by atoms with Crippen LogP contribution in [0.25, 0.3) is 0 Å². The zero-order valence-electron chi connectivity index (χ0n) is 17.5. The Balaban J connectivity index is 1.50. The van der Waals surface area contributed by atoms with Gasteiger partial charge in [0.15, 0.2) is 0 Å². The van der Waals surface area contributed by atoms with E-state index in [9.17, 15) is 9.90 Å². The van der Waals surface area contributed by atoms with Crippen molar-refractivity contribution in [2.24, 2.45) is 0 Å². The third kappa shape index (κ3) is 5.52. The van der Waals surface area contributed by atoms with Gasteiger partial charge in [-0.05, 0) is 74.0 Å². The molecule has 31 heavy (non-hydrogen) atoms. The highest BCUT2D eigenvalue weighted by atomic mass is 35.5. The molecule has 1 aliphatic rings. The van der Waals surface area contributed by atoms with E-state index in [0.29, 0.717) is 17.7 Å². The summed E-state index contributed by atoms with van der Waals surface area (Å²) in [6.07, 6.45) is 4.58. The molecule has 5 heteroatoms. The number of hydrogen-bond donors (Lipinski definition) is 1. The van der Waals surface area contributed by atoms with Crippen LogP contribution in [-0.2, 0) is 19.4 Å². The molecule has 0 saturated carbocycles. The van der Waals surface area contributed by atoms with E-state index in [1.165, 1.54) is 11.1 Å². The van der Waals surface area contributed by atoms with Crippen molar-refractivity contribution < 1.29 is 9.90 Å². The van der Waals surface area contributed by atoms with Gasteiger partial charge in [-0.25, -0.2) is 4.79 Å². The highest BCUT2D eigenvalue weighted by molar-refractivity contribution is 6.30. The second kappa shape index (κ2) is 10.1. The molecule has 0 bridgehead atoms. The number of aromatic nitrogens is 1. The summed E-state index contributed by atoms with van der Waals surface area (Å²) in [6, 6.07) is 22.1. The summed E-state index contributed by atoms with van der Waals surface area (Å²) in [6.45, 7) is 1.82. The fraction of sp³-hybridized carbons (Fsp3) is 0.308. The maximum absolute atomic E-state index is 11.8. The predicted molar refractivity (Wildman–Crippen MR) is 124 cm³/mol. The summed E-state index contributed by atoms with van der Waals surface area (Å²) in [5.41, 5.74) is 4.43. The number of rotatable bonds is 8. The Morgan fingerprint density at radius 1 is 1.03 bits per heavy atom. The van der Waals surface area contributed by atoms with Crippen LogP contribution in [-0.4, -0.2) is 27.5 Å². The molecule has 0 spiro atoms. The van der Waals surface area contributed by atoms with Crippen LogP contribution < -0.4 is 0 Å². The molecule has 2 aromatic carbocycles. The Labute approximate surface area is 188 Å². The molecule has 3 aromatic rings. The van der Waals surface area contributed by atoms with Gasteiger partial charge >= 0.3 is 5.97 Å². The summed E-state index contributed by atoms with van der Waals surface area (Å²) in [4.78, 5) is 19.0. The van der Waals surface area contributed by atoms with E-state index in [2.05, 4.69) is 23.1 Å². The van der Waals surface area contributed by atoms with Crippen LogP contribution in [0.15, 0.2) is 66.7 Å². The van der Waals surface area contributed by atoms with Gasteiger partial charge in [0.25, 0.3) is 0 Å². The smallest absolute Gasteiger partial charge is 0.337 e. The quantitative estimate of drug-likeness (QED) is 0.476. The normalized spacial score (nSPS) is 16.5. The van der Waals surface area contributed by atoms with Crippen LogP contribution in [0.5, 0.6) is 0 Å². The fourth-order valence-corrected chi connectivity index (χ4v) is 4.63. The van der Waals surface area contributed by atoms with E-state index in [0.717, 1.165) is 49.5 Å². The van der Waals surface area contributed by atoms with Crippen molar-refractivity contribution in [1.29, 1.82) is 0 Å². The first-order chi connectivity index (χ1) is 15.1. The molecular weight excluding hydrogens is 408 g/mol. The number of likely N-dealkylation sites (tertiary alicyclic amines) is 1. The van der Waals surface area contributed by atoms with Crippen molar-refractivity contribution >= 4 is 17.6 Å². The Bertz CT molecular complexity index is 1040. The molecule has 0 aliphatic carbocycles. The molecule has 4 nitrogen and oxygen atoms in total. The average Bonchev–Trinajstić information content (AvgIpc) is 3.22. The Kier molecular flexibility index (Phi) is 7.00. The minimum Gasteiger partial charge on any atom is -0.478 e. The zero-order chi connectivity index (χ0) is 21.6. The van der Waals surface area contributed by atoms with E-state index < -0.39 is 5.97 Å². The van der Waals surface area contributed by atoms with E-state index in [1.54, 1.807) is 6.07 Å². The maximum Gasteiger partial charge on any atom is 0.337 e. The van der Waals surface area contributed by atoms with Crippen LogP contribution in [0.4, 0.5) is 0 Å². The second-order valence-corrected chi connectivity index (χ2v) is 8.57. The topological polar surface area (TPSA) is 53.4 Å². The van der Waals surface area contributed by atoms with Gasteiger partial charge in [-0.1, -0.05) is 54.1 Å². The van der Waals surface area contributed by atoms with Crippen LogP contribution >= 0.6 is 11.6 Å². The molecule has 0 amide bonds. The molecule has 1 N–H and O–H groups in total. The molecule has 0 radical (unpaired) electrons. The molecule has 0 unspecified atom stereocenters. The highest BCUT2D eigenvalue weighted by Crippen LogP contribution is 2.33. The van der Waals surface area contributed by atoms with Crippen LogP contribution in [0, 0.1) is 0 Å². The Hall–Kier alpha value is -2.69. The molecular formula is C26H27ClN2O2. The van der Waals surface area contributed by atoms with Gasteiger partial charge in [0.05, 0.1) is 23.0 Å². The number of halogens is 1. The third-order valence-electron chi connectivity index (χ3n) is 5.93. The maximum atomic E-state index is 11.8. The number of hydrogen-bond acceptors (Lipinski definition) is 3. The first-order valence-corrected chi connectivity index (χ1v) is 11.2. The number of carboxylic acids is 1. The number of carbonyl (C=O) groups is 1. The van der Waals surface area contributed by atoms with Gasteiger partial charge < -0.3 is 5.11 Å². The molecule has 2 heterocycles. The monoisotopic (exact) mass is 434 g/mol. The number of aryl methyl sites for hydroxylation is 2. The first kappa shape index (κ1) is 21.5. The van der Waals surface area contributed by atoms with Crippen molar-refractivity contribution in [3.05, 3.63) is 99.8 Å². The van der Waals surface area contributed by atoms with Crippen molar-refractivity contribution in [3.8, 4) is 0 Å². The minimum atomic E-state index is -0.907. The van der Waals surface area contributed by atoms with E-state index in [4.69, 9.17) is 16.6 Å². The van der Waals surface area contributed by atoms with Crippen molar-refractivity contribution in [2.75, 3.05) is 6.54 Å². The van der Waals surface area contributed by atoms with Gasteiger partial charge in [-0.15, -0.1) is 0 Å². The van der Waals surface area contributed by atoms with Crippen molar-refractivity contribution in [2.45, 2.75) is 44.7 Å². The van der Waals surface area contributed by atoms with E-state index in [1.807, 2.05) is 42.5 Å². The van der Waals surface area contributed by atoms with Gasteiger partial charge in [0, 0.05) is 11.6 Å². The SMILES string of the molecule is O=C(O)c1ccc([C@@H]2CCCN2Cc2cccc(Cl)c2)nc1CCCc1ccccc1. The van der Waals surface area contributed by atoms with Crippen LogP contribution in [0.3, 0.4) is 0 Å². The number of aromatic carboxylic acids is 1. The van der Waals surface area contributed by atoms with Gasteiger partial charge in [0.1, 0.15) is 0 Å². The van der Waals surface area contributed by atoms with E-state index >= 15 is 0 Å². The first-order valence-electron chi connectivity index (χ1n) is 10.9. The second-order valence-electron chi connectivity index (χ2n) is 8.13. The number of nitrogens with zero attached hydrogens (tertiary/aromatic N) is 2. The molecule has 4 rings (SSSR count). The number of carboxylic acid groups (broad SMARTS) is 1. The summed E-state index contributed by atoms with van der Waals surface area (Å²) in [7, 11) is 0. The highest BCUT2D eigenvalue weighted by Gasteiger charge is 2.28. The molecule has 1 fully saturated rings. The fourth-order valence-electron chi connectivity index (χ4n) is 4.41. The standard InChI is InChI=1S/C26H27ClN2O2/c27-21-11-4-10-20(17-21)18-29-16-6-13-25(29)24-15-14-22(26(30)31)23(28-24)12-5-9-19-7-2-1-3-8-19/h1-4,7-8,10-11,14-15,17,25H,5-6,9,12-13,16,18H2,(H,30,31)/t25-/m0/s1. The van der Waals surface area contributed by atoms with Crippen molar-refractivity contribution in [1.82, 2.24) is 9.88 Å². The summed E-state index contributed by atoms with van der Waals surface area (Å²) < 4.78 is 0. The van der Waals surface area contributed by atoms with E-state index in [-0.39, 0.29) is 6.04 Å². The van der Waals surface area contributed by atoms with Crippen LogP contribution in [0.2, 0.25) is 5.02 Å². The Morgan fingerprint density at radius 2 is 1.84 bits per heavy atom. The lowest BCUT2D eigenvalue weighted by Gasteiger charge is -2.25. The minimum absolute atomic E-state index is 0.203. The Morgan fingerprint density at radius 3 is 2.61 bits per heavy atom. The third-order valence-corrected chi connectivity index (χ3v) is 6.16. The molecule has 1 aromatic heterocycles. The van der Waals surface area contributed by atoms with Gasteiger partial charge in [0.2, 0.25) is 0 Å². The molecule has 1 atom stereocenters. The van der Waals surface area contributed by atoms with Crippen molar-refractivity contribution in [3.63, 3.8) is 0 Å². The number of pyridine rings is 1. The average molecular weight is 435 g/mol. The van der Waals surface area contributed by atoms with Gasteiger partial charge in [-0.2, -0.15) is 0 Å². The summed E-state index contributed by atoms with van der Waals surface area (Å²) in [5.74, 6) is -0.907. The van der Waals surface area contributed by atoms with Gasteiger partial charge in [-0.3, -0.25) is 9.88 Å². The molecule has 1 saturated heterocycles. The molecule has 160 valence electrons. The lowest BCUT2D eigenvalue weighted by atomic mass is 10.0. The lowest BCUT2D eigenvalue weighted by Crippen LogP contribution is -2.24. The lowest BCUT2D eigenvalue weighted by molar-refractivity contribution is 0.0695. The zero-order valence-corrected chi connectivity index (χ0v) is 18.3. The number of benzene rings is 2. The summed E-state index contributed by atoms with van der Waals surface area (Å²) >= 11 is 6.16. The summed E-state index contributed by atoms with van der Waals surface area (Å²) in [5, 5.41) is 10.4. The van der Waals surface area contributed by atoms with Crippen LogP contribution in [0.1, 0.15) is 58.2 Å².